The second-order valence-electron chi connectivity index (χ2n) is 5.23. The number of hydrogen-bond acceptors (Lipinski definition) is 7. The van der Waals surface area contributed by atoms with Gasteiger partial charge in [0.05, 0.1) is 12.3 Å². The monoisotopic (exact) mass is 334 g/mol. The van der Waals surface area contributed by atoms with Crippen molar-refractivity contribution in [3.05, 3.63) is 18.3 Å². The molecule has 1 heterocycles. The number of aliphatic hydroxyl groups is 1. The number of unbranched alkanes of at least 4 members (excludes halogenated alkanes) is 1. The van der Waals surface area contributed by atoms with Crippen LogP contribution in [0.5, 0.6) is 0 Å². The molecule has 0 spiro atoms. The Bertz CT molecular complexity index is 588. The van der Waals surface area contributed by atoms with Crippen molar-refractivity contribution in [2.45, 2.75) is 39.2 Å². The number of nitrogen functional groups attached to an aromatic ring is 1. The Morgan fingerprint density at radius 2 is 2.25 bits per heavy atom. The highest BCUT2D eigenvalue weighted by Gasteiger charge is 2.20. The van der Waals surface area contributed by atoms with E-state index in [-0.39, 0.29) is 25.0 Å². The lowest BCUT2D eigenvalue weighted by Gasteiger charge is -2.20. The third kappa shape index (κ3) is 5.96. The van der Waals surface area contributed by atoms with Crippen molar-refractivity contribution in [2.24, 2.45) is 4.99 Å². The molecule has 1 atom stereocenters. The van der Waals surface area contributed by atoms with E-state index in [0.717, 1.165) is 12.8 Å². The summed E-state index contributed by atoms with van der Waals surface area (Å²) in [6.45, 7) is 7.51. The quantitative estimate of drug-likeness (QED) is 0.478. The summed E-state index contributed by atoms with van der Waals surface area (Å²) in [5, 5.41) is 14.7. The average Bonchev–Trinajstić information content (AvgIpc) is 2.55. The second-order valence-corrected chi connectivity index (χ2v) is 5.23. The number of rotatable bonds is 10. The van der Waals surface area contributed by atoms with Gasteiger partial charge in [-0.1, -0.05) is 32.4 Å². The molecule has 0 saturated carbocycles. The molecule has 1 rings (SSSR count). The predicted octanol–water partition coefficient (Wildman–Crippen LogP) is 1.33. The molecular weight excluding hydrogens is 308 g/mol. The zero-order valence-electron chi connectivity index (χ0n) is 14.2. The van der Waals surface area contributed by atoms with Crippen molar-refractivity contribution < 1.29 is 9.90 Å². The zero-order chi connectivity index (χ0) is 17.9. The maximum atomic E-state index is 12.3. The van der Waals surface area contributed by atoms with Gasteiger partial charge in [0.2, 0.25) is 11.9 Å². The lowest BCUT2D eigenvalue weighted by atomic mass is 10.1. The van der Waals surface area contributed by atoms with Gasteiger partial charge in [0.1, 0.15) is 11.7 Å². The van der Waals surface area contributed by atoms with Crippen LogP contribution in [-0.2, 0) is 4.79 Å². The first-order chi connectivity index (χ1) is 11.5. The molecule has 8 nitrogen and oxygen atoms in total. The fraction of sp³-hybridized carbons (Fsp3) is 0.500. The highest BCUT2D eigenvalue weighted by molar-refractivity contribution is 5.86. The third-order valence-electron chi connectivity index (χ3n) is 3.27. The first-order valence-electron chi connectivity index (χ1n) is 7.97. The van der Waals surface area contributed by atoms with E-state index in [0.29, 0.717) is 23.6 Å². The molecule has 0 unspecified atom stereocenters. The minimum absolute atomic E-state index is 0.109. The largest absolute Gasteiger partial charge is 0.395 e. The summed E-state index contributed by atoms with van der Waals surface area (Å²) < 4.78 is 0. The number of carbonyl (C=O) groups is 1. The Hall–Kier alpha value is -2.48. The molecule has 0 fully saturated rings. The summed E-state index contributed by atoms with van der Waals surface area (Å²) >= 11 is 0. The van der Waals surface area contributed by atoms with Crippen LogP contribution in [-0.4, -0.2) is 46.4 Å². The highest BCUT2D eigenvalue weighted by atomic mass is 16.3. The standard InChI is InChI=1S/C16H26N6O2/c1-4-6-7-12(15(24)19-9-10-23)21-14-13(18-8-5-2)11(3)20-16(17)22-14/h5,8,12,23H,2,4,6-7,9-10H2,1,3H3,(H,19,24)(H3,17,20,21,22)/t12-/m1/s1. The van der Waals surface area contributed by atoms with Gasteiger partial charge in [0.25, 0.3) is 0 Å². The number of nitrogens with two attached hydrogens (primary N) is 1. The number of aliphatic imine (C=N–C) groups is 1. The molecule has 0 aliphatic heterocycles. The van der Waals surface area contributed by atoms with Gasteiger partial charge < -0.3 is 21.5 Å². The van der Waals surface area contributed by atoms with E-state index in [9.17, 15) is 4.79 Å². The van der Waals surface area contributed by atoms with Crippen LogP contribution in [0.3, 0.4) is 0 Å². The normalized spacial score (nSPS) is 12.1. The molecule has 1 aromatic heterocycles. The first kappa shape index (κ1) is 19.6. The van der Waals surface area contributed by atoms with Gasteiger partial charge in [-0.2, -0.15) is 4.98 Å². The van der Waals surface area contributed by atoms with E-state index in [4.69, 9.17) is 10.8 Å². The van der Waals surface area contributed by atoms with Gasteiger partial charge in [-0.15, -0.1) is 0 Å². The number of anilines is 2. The van der Waals surface area contributed by atoms with Gasteiger partial charge in [-0.05, 0) is 13.3 Å². The Labute approximate surface area is 142 Å². The molecule has 1 aromatic rings. The molecule has 132 valence electrons. The fourth-order valence-electron chi connectivity index (χ4n) is 2.12. The number of nitrogens with zero attached hydrogens (tertiary/aromatic N) is 3. The maximum Gasteiger partial charge on any atom is 0.242 e. The van der Waals surface area contributed by atoms with E-state index in [2.05, 4.69) is 39.1 Å². The van der Waals surface area contributed by atoms with Gasteiger partial charge >= 0.3 is 0 Å². The van der Waals surface area contributed by atoms with Crippen molar-refractivity contribution >= 4 is 29.6 Å². The Kier molecular flexibility index (Phi) is 8.42. The van der Waals surface area contributed by atoms with Crippen LogP contribution in [0, 0.1) is 6.92 Å². The third-order valence-corrected chi connectivity index (χ3v) is 3.27. The molecule has 0 aliphatic rings. The van der Waals surface area contributed by atoms with Crippen molar-refractivity contribution in [3.63, 3.8) is 0 Å². The predicted molar refractivity (Wildman–Crippen MR) is 96.6 cm³/mol. The minimum Gasteiger partial charge on any atom is -0.395 e. The van der Waals surface area contributed by atoms with Crippen LogP contribution in [0.1, 0.15) is 31.9 Å². The van der Waals surface area contributed by atoms with Crippen molar-refractivity contribution in [1.82, 2.24) is 15.3 Å². The molecular formula is C16H26N6O2. The van der Waals surface area contributed by atoms with Crippen LogP contribution in [0.4, 0.5) is 17.5 Å². The zero-order valence-corrected chi connectivity index (χ0v) is 14.2. The summed E-state index contributed by atoms with van der Waals surface area (Å²) in [5.41, 5.74) is 6.84. The van der Waals surface area contributed by atoms with E-state index in [1.807, 2.05) is 0 Å². The number of hydrogen-bond donors (Lipinski definition) is 4. The number of nitrogens with one attached hydrogen (secondary N) is 2. The molecule has 0 aliphatic carbocycles. The highest BCUT2D eigenvalue weighted by Crippen LogP contribution is 2.27. The molecule has 0 bridgehead atoms. The number of allylic oxidation sites excluding steroid dienone is 1. The molecule has 0 aromatic carbocycles. The first-order valence-corrected chi connectivity index (χ1v) is 7.97. The van der Waals surface area contributed by atoms with Crippen LogP contribution in [0.15, 0.2) is 17.6 Å². The summed E-state index contributed by atoms with van der Waals surface area (Å²) in [6.07, 6.45) is 5.52. The topological polar surface area (TPSA) is 126 Å². The molecule has 0 saturated heterocycles. The van der Waals surface area contributed by atoms with Gasteiger partial charge in [0, 0.05) is 12.8 Å². The number of aromatic nitrogens is 2. The van der Waals surface area contributed by atoms with Crippen LogP contribution in [0.25, 0.3) is 0 Å². The number of aryl methyl sites for hydroxylation is 1. The van der Waals surface area contributed by atoms with Crippen LogP contribution in [0.2, 0.25) is 0 Å². The SMILES string of the molecule is C=CC=Nc1c(C)nc(N)nc1N[C@H](CCCC)C(=O)NCCO. The Morgan fingerprint density at radius 3 is 2.88 bits per heavy atom. The van der Waals surface area contributed by atoms with E-state index in [1.165, 1.54) is 6.21 Å². The number of aliphatic hydroxyl groups excluding tert-OH is 1. The lowest BCUT2D eigenvalue weighted by Crippen LogP contribution is -2.41. The maximum absolute atomic E-state index is 12.3. The summed E-state index contributed by atoms with van der Waals surface area (Å²) in [5.74, 6) is 0.307. The molecule has 0 radical (unpaired) electrons. The van der Waals surface area contributed by atoms with E-state index < -0.39 is 6.04 Å². The fourth-order valence-corrected chi connectivity index (χ4v) is 2.12. The second kappa shape index (κ2) is 10.3. The smallest absolute Gasteiger partial charge is 0.242 e. The minimum atomic E-state index is -0.497. The van der Waals surface area contributed by atoms with Gasteiger partial charge in [-0.3, -0.25) is 9.79 Å². The molecule has 8 heteroatoms. The molecule has 1 amide bonds. The Balaban J connectivity index is 3.08. The number of amides is 1. The number of carbonyl (C=O) groups excluding carboxylic acids is 1. The van der Waals surface area contributed by atoms with Crippen LogP contribution >= 0.6 is 0 Å². The van der Waals surface area contributed by atoms with Crippen molar-refractivity contribution in [2.75, 3.05) is 24.2 Å². The van der Waals surface area contributed by atoms with Crippen molar-refractivity contribution in [1.29, 1.82) is 0 Å². The van der Waals surface area contributed by atoms with Crippen LogP contribution < -0.4 is 16.4 Å². The lowest BCUT2D eigenvalue weighted by molar-refractivity contribution is -0.122. The summed E-state index contributed by atoms with van der Waals surface area (Å²) in [4.78, 5) is 24.8. The van der Waals surface area contributed by atoms with E-state index in [1.54, 1.807) is 13.0 Å². The van der Waals surface area contributed by atoms with Gasteiger partial charge in [0.15, 0.2) is 5.82 Å². The van der Waals surface area contributed by atoms with E-state index >= 15 is 0 Å². The summed E-state index contributed by atoms with van der Waals surface area (Å²) in [7, 11) is 0. The van der Waals surface area contributed by atoms with Crippen molar-refractivity contribution in [3.8, 4) is 0 Å². The summed E-state index contributed by atoms with van der Waals surface area (Å²) in [6, 6.07) is -0.497. The Morgan fingerprint density at radius 1 is 1.50 bits per heavy atom. The molecule has 24 heavy (non-hydrogen) atoms. The average molecular weight is 334 g/mol. The molecule has 5 N–H and O–H groups in total. The van der Waals surface area contributed by atoms with Gasteiger partial charge in [-0.25, -0.2) is 4.98 Å².